The summed E-state index contributed by atoms with van der Waals surface area (Å²) in [5.74, 6) is 6.23. The van der Waals surface area contributed by atoms with Crippen molar-refractivity contribution in [2.75, 3.05) is 13.1 Å². The number of hydrogen-bond acceptors (Lipinski definition) is 3. The van der Waals surface area contributed by atoms with Gasteiger partial charge in [-0.1, -0.05) is 17.9 Å². The third kappa shape index (κ3) is 2.59. The third-order valence-electron chi connectivity index (χ3n) is 4.47. The maximum atomic E-state index is 12.9. The second-order valence-electron chi connectivity index (χ2n) is 5.89. The van der Waals surface area contributed by atoms with Crippen LogP contribution < -0.4 is 5.73 Å². The zero-order chi connectivity index (χ0) is 15.0. The lowest BCUT2D eigenvalue weighted by Gasteiger charge is -2.26. The Kier molecular flexibility index (Phi) is 3.78. The summed E-state index contributed by atoms with van der Waals surface area (Å²) in [5, 5.41) is 0. The van der Waals surface area contributed by atoms with Crippen LogP contribution in [0.2, 0.25) is 0 Å². The minimum Gasteiger partial charge on any atom is -0.320 e. The molecule has 0 radical (unpaired) electrons. The average molecular weight is 304 g/mol. The maximum Gasteiger partial charge on any atom is 0.243 e. The molecule has 112 valence electrons. The van der Waals surface area contributed by atoms with Gasteiger partial charge in [0.2, 0.25) is 10.0 Å². The van der Waals surface area contributed by atoms with Gasteiger partial charge in [-0.25, -0.2) is 8.42 Å². The van der Waals surface area contributed by atoms with E-state index in [1.54, 1.807) is 10.4 Å². The largest absolute Gasteiger partial charge is 0.320 e. The van der Waals surface area contributed by atoms with Crippen LogP contribution in [0.1, 0.15) is 30.4 Å². The van der Waals surface area contributed by atoms with Crippen molar-refractivity contribution >= 4 is 10.0 Å². The van der Waals surface area contributed by atoms with Crippen LogP contribution in [0.15, 0.2) is 23.1 Å². The van der Waals surface area contributed by atoms with Crippen LogP contribution in [0, 0.1) is 24.7 Å². The summed E-state index contributed by atoms with van der Waals surface area (Å²) in [5.41, 5.74) is 6.85. The van der Waals surface area contributed by atoms with Gasteiger partial charge in [0.1, 0.15) is 0 Å². The quantitative estimate of drug-likeness (QED) is 0.842. The average Bonchev–Trinajstić information content (AvgIpc) is 3.09. The lowest BCUT2D eigenvalue weighted by Crippen LogP contribution is -2.37. The number of fused-ring (bicyclic) bond motifs is 2. The molecule has 1 aliphatic carbocycles. The Morgan fingerprint density at radius 3 is 2.81 bits per heavy atom. The van der Waals surface area contributed by atoms with Crippen molar-refractivity contribution in [2.45, 2.75) is 37.1 Å². The summed E-state index contributed by atoms with van der Waals surface area (Å²) >= 11 is 0. The normalized spacial score (nSPS) is 24.9. The fourth-order valence-corrected chi connectivity index (χ4v) is 5.40. The van der Waals surface area contributed by atoms with Gasteiger partial charge >= 0.3 is 0 Å². The van der Waals surface area contributed by atoms with Gasteiger partial charge in [-0.15, -0.1) is 0 Å². The topological polar surface area (TPSA) is 63.4 Å². The number of sulfonamides is 1. The molecule has 21 heavy (non-hydrogen) atoms. The molecule has 2 N–H and O–H groups in total. The van der Waals surface area contributed by atoms with Gasteiger partial charge in [0.05, 0.1) is 11.4 Å². The van der Waals surface area contributed by atoms with Crippen molar-refractivity contribution in [1.82, 2.24) is 4.31 Å². The second-order valence-corrected chi connectivity index (χ2v) is 7.75. The summed E-state index contributed by atoms with van der Waals surface area (Å²) in [6.07, 6.45) is 3.18. The minimum atomic E-state index is -3.41. The first-order valence-electron chi connectivity index (χ1n) is 7.34. The molecule has 1 aromatic rings. The fourth-order valence-electron chi connectivity index (χ4n) is 3.41. The first-order chi connectivity index (χ1) is 10.0. The summed E-state index contributed by atoms with van der Waals surface area (Å²) < 4.78 is 27.5. The smallest absolute Gasteiger partial charge is 0.243 e. The van der Waals surface area contributed by atoms with Crippen LogP contribution >= 0.6 is 0 Å². The van der Waals surface area contributed by atoms with E-state index in [1.807, 2.05) is 19.1 Å². The van der Waals surface area contributed by atoms with Gasteiger partial charge < -0.3 is 5.73 Å². The lowest BCUT2D eigenvalue weighted by molar-refractivity contribution is 0.333. The van der Waals surface area contributed by atoms with Crippen molar-refractivity contribution in [3.8, 4) is 11.8 Å². The zero-order valence-electron chi connectivity index (χ0n) is 12.2. The number of benzene rings is 1. The molecule has 2 bridgehead atoms. The highest BCUT2D eigenvalue weighted by atomic mass is 32.2. The van der Waals surface area contributed by atoms with E-state index in [0.717, 1.165) is 24.8 Å². The molecule has 1 aromatic carbocycles. The molecule has 0 spiro atoms. The summed E-state index contributed by atoms with van der Waals surface area (Å²) in [6, 6.07) is 5.53. The second kappa shape index (κ2) is 5.45. The number of aryl methyl sites for hydroxylation is 1. The molecule has 1 saturated heterocycles. The standard InChI is InChI=1S/C16H20N2O2S/c1-12-4-5-13(3-2-8-17)10-16(12)21(19,20)18-11-14-6-7-15(18)9-14/h4-5,10,14-15H,6-9,11,17H2,1H3. The number of nitrogens with two attached hydrogens (primary N) is 1. The first-order valence-corrected chi connectivity index (χ1v) is 8.78. The van der Waals surface area contributed by atoms with Crippen LogP contribution in [0.3, 0.4) is 0 Å². The Bertz CT molecular complexity index is 716. The fraction of sp³-hybridized carbons (Fsp3) is 0.500. The van der Waals surface area contributed by atoms with Crippen LogP contribution in [0.25, 0.3) is 0 Å². The molecule has 1 saturated carbocycles. The number of hydrogen-bond donors (Lipinski definition) is 1. The van der Waals surface area contributed by atoms with Gasteiger partial charge in [0.25, 0.3) is 0 Å². The molecule has 0 amide bonds. The van der Waals surface area contributed by atoms with Crippen molar-refractivity contribution in [3.63, 3.8) is 0 Å². The summed E-state index contributed by atoms with van der Waals surface area (Å²) in [4.78, 5) is 0.388. The van der Waals surface area contributed by atoms with Crippen molar-refractivity contribution < 1.29 is 8.42 Å². The van der Waals surface area contributed by atoms with Crippen LogP contribution in [-0.2, 0) is 10.0 Å². The Labute approximate surface area is 126 Å². The molecule has 1 heterocycles. The maximum absolute atomic E-state index is 12.9. The Balaban J connectivity index is 1.98. The molecule has 5 heteroatoms. The molecule has 2 atom stereocenters. The molecule has 2 aliphatic rings. The van der Waals surface area contributed by atoms with E-state index in [4.69, 9.17) is 5.73 Å². The van der Waals surface area contributed by atoms with E-state index in [-0.39, 0.29) is 12.6 Å². The lowest BCUT2D eigenvalue weighted by atomic mass is 10.1. The van der Waals surface area contributed by atoms with Crippen molar-refractivity contribution in [1.29, 1.82) is 0 Å². The van der Waals surface area contributed by atoms with Crippen LogP contribution in [0.5, 0.6) is 0 Å². The summed E-state index contributed by atoms with van der Waals surface area (Å²) in [6.45, 7) is 2.78. The van der Waals surface area contributed by atoms with E-state index < -0.39 is 10.0 Å². The number of piperidine rings is 1. The molecule has 0 aromatic heterocycles. The predicted octanol–water partition coefficient (Wildman–Crippen LogP) is 1.48. The molecule has 4 nitrogen and oxygen atoms in total. The van der Waals surface area contributed by atoms with Crippen LogP contribution in [0.4, 0.5) is 0 Å². The monoisotopic (exact) mass is 304 g/mol. The van der Waals surface area contributed by atoms with Gasteiger partial charge in [0, 0.05) is 18.2 Å². The van der Waals surface area contributed by atoms with E-state index >= 15 is 0 Å². The minimum absolute atomic E-state index is 0.193. The van der Waals surface area contributed by atoms with Gasteiger partial charge in [-0.05, 0) is 49.8 Å². The van der Waals surface area contributed by atoms with E-state index in [9.17, 15) is 8.42 Å². The zero-order valence-corrected chi connectivity index (χ0v) is 13.0. The highest BCUT2D eigenvalue weighted by Gasteiger charge is 2.44. The van der Waals surface area contributed by atoms with Gasteiger partial charge in [-0.3, -0.25) is 0 Å². The van der Waals surface area contributed by atoms with E-state index in [1.165, 1.54) is 0 Å². The van der Waals surface area contributed by atoms with E-state index in [0.29, 0.717) is 22.9 Å². The molecule has 3 rings (SSSR count). The highest BCUT2D eigenvalue weighted by molar-refractivity contribution is 7.89. The molecular weight excluding hydrogens is 284 g/mol. The molecule has 2 fully saturated rings. The molecule has 2 unspecified atom stereocenters. The van der Waals surface area contributed by atoms with Crippen LogP contribution in [-0.4, -0.2) is 31.9 Å². The predicted molar refractivity (Wildman–Crippen MR) is 82.1 cm³/mol. The highest BCUT2D eigenvalue weighted by Crippen LogP contribution is 2.40. The Morgan fingerprint density at radius 2 is 2.19 bits per heavy atom. The van der Waals surface area contributed by atoms with E-state index in [2.05, 4.69) is 11.8 Å². The van der Waals surface area contributed by atoms with Gasteiger partial charge in [-0.2, -0.15) is 4.31 Å². The van der Waals surface area contributed by atoms with Crippen molar-refractivity contribution in [2.24, 2.45) is 11.7 Å². The third-order valence-corrected chi connectivity index (χ3v) is 6.53. The van der Waals surface area contributed by atoms with Gasteiger partial charge in [0.15, 0.2) is 0 Å². The molecule has 1 aliphatic heterocycles. The Morgan fingerprint density at radius 1 is 1.38 bits per heavy atom. The summed E-state index contributed by atoms with van der Waals surface area (Å²) in [7, 11) is -3.41. The van der Waals surface area contributed by atoms with Crippen molar-refractivity contribution in [3.05, 3.63) is 29.3 Å². The number of rotatable bonds is 2. The Hall–Kier alpha value is -1.35. The SMILES string of the molecule is Cc1ccc(C#CCN)cc1S(=O)(=O)N1CC2CCC1C2. The first kappa shape index (κ1) is 14.6. The number of nitrogens with zero attached hydrogens (tertiary/aromatic N) is 1. The molecular formula is C16H20N2O2S.